The van der Waals surface area contributed by atoms with E-state index in [0.717, 1.165) is 6.42 Å². The molecule has 22 heavy (non-hydrogen) atoms. The molecular weight excluding hydrogens is 307 g/mol. The number of carbonyl (C=O) groups is 1. The van der Waals surface area contributed by atoms with Gasteiger partial charge in [0.05, 0.1) is 16.6 Å². The van der Waals surface area contributed by atoms with Gasteiger partial charge in [0, 0.05) is 13.0 Å². The second-order valence-electron chi connectivity index (χ2n) is 5.52. The topological polar surface area (TPSA) is 83.8 Å². The minimum absolute atomic E-state index is 0. The van der Waals surface area contributed by atoms with Crippen LogP contribution in [0.1, 0.15) is 32.5 Å². The van der Waals surface area contributed by atoms with Crippen LogP contribution in [0.15, 0.2) is 18.2 Å². The molecular formula is C15H22ClFN4O. The Kier molecular flexibility index (Phi) is 6.32. The second kappa shape index (κ2) is 7.56. The predicted molar refractivity (Wildman–Crippen MR) is 87.5 cm³/mol. The standard InChI is InChI=1S/C15H21FN4O.ClH/c1-3-7-15(2,17)14(21)18-8-6-13-19-11-5-4-10(16)9-12(11)20-13;/h4-5,9H,3,6-8,17H2,1-2H3,(H,18,21)(H,19,20);1H. The summed E-state index contributed by atoms with van der Waals surface area (Å²) in [4.78, 5) is 19.3. The highest BCUT2D eigenvalue weighted by Gasteiger charge is 2.26. The number of H-pyrrole nitrogens is 1. The van der Waals surface area contributed by atoms with Crippen LogP contribution < -0.4 is 11.1 Å². The number of fused-ring (bicyclic) bond motifs is 1. The van der Waals surface area contributed by atoms with Gasteiger partial charge in [0.2, 0.25) is 5.91 Å². The minimum atomic E-state index is -0.842. The number of rotatable bonds is 6. The Morgan fingerprint density at radius 1 is 1.50 bits per heavy atom. The molecule has 0 bridgehead atoms. The molecule has 2 rings (SSSR count). The molecule has 2 aromatic rings. The highest BCUT2D eigenvalue weighted by atomic mass is 35.5. The van der Waals surface area contributed by atoms with Crippen LogP contribution in [0, 0.1) is 5.82 Å². The van der Waals surface area contributed by atoms with Gasteiger partial charge in [0.15, 0.2) is 0 Å². The first-order valence-corrected chi connectivity index (χ1v) is 7.13. The zero-order valence-electron chi connectivity index (χ0n) is 12.8. The van der Waals surface area contributed by atoms with Crippen LogP contribution in [0.3, 0.4) is 0 Å². The molecule has 1 atom stereocenters. The van der Waals surface area contributed by atoms with Crippen LogP contribution in [0.5, 0.6) is 0 Å². The molecule has 0 fully saturated rings. The van der Waals surface area contributed by atoms with Crippen LogP contribution in [0.4, 0.5) is 4.39 Å². The molecule has 4 N–H and O–H groups in total. The van der Waals surface area contributed by atoms with E-state index in [2.05, 4.69) is 15.3 Å². The van der Waals surface area contributed by atoms with Gasteiger partial charge in [-0.25, -0.2) is 9.37 Å². The van der Waals surface area contributed by atoms with Crippen LogP contribution >= 0.6 is 12.4 Å². The maximum atomic E-state index is 13.1. The van der Waals surface area contributed by atoms with Crippen molar-refractivity contribution in [2.75, 3.05) is 6.54 Å². The fourth-order valence-electron chi connectivity index (χ4n) is 2.28. The molecule has 0 aliphatic rings. The molecule has 0 aliphatic heterocycles. The average Bonchev–Trinajstić information content (AvgIpc) is 2.80. The van der Waals surface area contributed by atoms with Gasteiger partial charge in [0.1, 0.15) is 11.6 Å². The molecule has 1 heterocycles. The van der Waals surface area contributed by atoms with Crippen LogP contribution in [0.25, 0.3) is 11.0 Å². The number of amides is 1. The molecule has 0 aliphatic carbocycles. The summed E-state index contributed by atoms with van der Waals surface area (Å²) in [6.07, 6.45) is 2.04. The van der Waals surface area contributed by atoms with Crippen molar-refractivity contribution < 1.29 is 9.18 Å². The predicted octanol–water partition coefficient (Wildman–Crippen LogP) is 2.30. The largest absolute Gasteiger partial charge is 0.354 e. The Bertz CT molecular complexity index is 642. The van der Waals surface area contributed by atoms with E-state index in [4.69, 9.17) is 5.73 Å². The maximum absolute atomic E-state index is 13.1. The van der Waals surface area contributed by atoms with E-state index in [9.17, 15) is 9.18 Å². The van der Waals surface area contributed by atoms with Gasteiger partial charge in [-0.3, -0.25) is 4.79 Å². The number of nitrogens with one attached hydrogen (secondary N) is 2. The Labute approximate surface area is 135 Å². The van der Waals surface area contributed by atoms with Crippen LogP contribution in [-0.2, 0) is 11.2 Å². The molecule has 1 amide bonds. The highest BCUT2D eigenvalue weighted by molar-refractivity contribution is 5.85. The van der Waals surface area contributed by atoms with Crippen molar-refractivity contribution >= 4 is 29.3 Å². The number of hydrogen-bond donors (Lipinski definition) is 3. The van der Waals surface area contributed by atoms with E-state index in [1.807, 2.05) is 6.92 Å². The number of carbonyl (C=O) groups excluding carboxylic acids is 1. The lowest BCUT2D eigenvalue weighted by Crippen LogP contribution is -2.51. The van der Waals surface area contributed by atoms with Crippen LogP contribution in [0.2, 0.25) is 0 Å². The molecule has 1 aromatic heterocycles. The zero-order chi connectivity index (χ0) is 15.5. The first kappa shape index (κ1) is 18.4. The number of halogens is 2. The first-order chi connectivity index (χ1) is 9.92. The molecule has 0 spiro atoms. The summed E-state index contributed by atoms with van der Waals surface area (Å²) in [5.41, 5.74) is 6.48. The van der Waals surface area contributed by atoms with E-state index in [-0.39, 0.29) is 24.1 Å². The smallest absolute Gasteiger partial charge is 0.239 e. The van der Waals surface area contributed by atoms with Crippen molar-refractivity contribution in [3.63, 3.8) is 0 Å². The monoisotopic (exact) mass is 328 g/mol. The van der Waals surface area contributed by atoms with Crippen LogP contribution in [-0.4, -0.2) is 28.0 Å². The third-order valence-corrected chi connectivity index (χ3v) is 3.43. The third kappa shape index (κ3) is 4.42. The highest BCUT2D eigenvalue weighted by Crippen LogP contribution is 2.13. The molecule has 122 valence electrons. The van der Waals surface area contributed by atoms with Crippen molar-refractivity contribution in [3.8, 4) is 0 Å². The third-order valence-electron chi connectivity index (χ3n) is 3.43. The van der Waals surface area contributed by atoms with Gasteiger partial charge in [0.25, 0.3) is 0 Å². The molecule has 5 nitrogen and oxygen atoms in total. The van der Waals surface area contributed by atoms with Crippen molar-refractivity contribution in [2.24, 2.45) is 5.73 Å². The number of hydrogen-bond acceptors (Lipinski definition) is 3. The van der Waals surface area contributed by atoms with E-state index >= 15 is 0 Å². The lowest BCUT2D eigenvalue weighted by atomic mass is 9.96. The SMILES string of the molecule is CCCC(C)(N)C(=O)NCCc1nc2ccc(F)cc2[nH]1.Cl. The Hall–Kier alpha value is -1.66. The molecule has 1 unspecified atom stereocenters. The van der Waals surface area contributed by atoms with Gasteiger partial charge in [-0.2, -0.15) is 0 Å². The van der Waals surface area contributed by atoms with E-state index in [1.165, 1.54) is 12.1 Å². The fraction of sp³-hybridized carbons (Fsp3) is 0.467. The Balaban J connectivity index is 0.00000242. The average molecular weight is 329 g/mol. The van der Waals surface area contributed by atoms with Gasteiger partial charge in [-0.15, -0.1) is 12.4 Å². The zero-order valence-corrected chi connectivity index (χ0v) is 13.6. The minimum Gasteiger partial charge on any atom is -0.354 e. The summed E-state index contributed by atoms with van der Waals surface area (Å²) in [6.45, 7) is 4.17. The van der Waals surface area contributed by atoms with Gasteiger partial charge in [-0.05, 0) is 31.5 Å². The summed E-state index contributed by atoms with van der Waals surface area (Å²) in [5, 5.41) is 2.81. The summed E-state index contributed by atoms with van der Waals surface area (Å²) in [6, 6.07) is 4.41. The van der Waals surface area contributed by atoms with Gasteiger partial charge in [-0.1, -0.05) is 13.3 Å². The van der Waals surface area contributed by atoms with Crippen molar-refractivity contribution in [2.45, 2.75) is 38.6 Å². The summed E-state index contributed by atoms with van der Waals surface area (Å²) >= 11 is 0. The number of benzene rings is 1. The lowest BCUT2D eigenvalue weighted by molar-refractivity contribution is -0.126. The molecule has 1 aromatic carbocycles. The van der Waals surface area contributed by atoms with Gasteiger partial charge < -0.3 is 16.0 Å². The first-order valence-electron chi connectivity index (χ1n) is 7.13. The fourth-order valence-corrected chi connectivity index (χ4v) is 2.28. The van der Waals surface area contributed by atoms with E-state index in [1.54, 1.807) is 13.0 Å². The van der Waals surface area contributed by atoms with E-state index in [0.29, 0.717) is 36.2 Å². The molecule has 0 saturated carbocycles. The second-order valence-corrected chi connectivity index (χ2v) is 5.52. The van der Waals surface area contributed by atoms with E-state index < -0.39 is 5.54 Å². The molecule has 7 heteroatoms. The number of aromatic amines is 1. The van der Waals surface area contributed by atoms with Crippen molar-refractivity contribution in [1.82, 2.24) is 15.3 Å². The quantitative estimate of drug-likeness (QED) is 0.760. The number of nitrogens with two attached hydrogens (primary N) is 1. The van der Waals surface area contributed by atoms with Crippen molar-refractivity contribution in [3.05, 3.63) is 29.8 Å². The molecule has 0 radical (unpaired) electrons. The molecule has 0 saturated heterocycles. The lowest BCUT2D eigenvalue weighted by Gasteiger charge is -2.22. The Morgan fingerprint density at radius 3 is 2.91 bits per heavy atom. The maximum Gasteiger partial charge on any atom is 0.239 e. The summed E-state index contributed by atoms with van der Waals surface area (Å²) in [7, 11) is 0. The summed E-state index contributed by atoms with van der Waals surface area (Å²) < 4.78 is 13.1. The Morgan fingerprint density at radius 2 is 2.23 bits per heavy atom. The van der Waals surface area contributed by atoms with Crippen molar-refractivity contribution in [1.29, 1.82) is 0 Å². The normalized spacial score (nSPS) is 13.5. The number of nitrogens with zero attached hydrogens (tertiary/aromatic N) is 1. The number of aromatic nitrogens is 2. The summed E-state index contributed by atoms with van der Waals surface area (Å²) in [5.74, 6) is 0.251. The van der Waals surface area contributed by atoms with Gasteiger partial charge >= 0.3 is 0 Å². The number of imidazole rings is 1.